The van der Waals surface area contributed by atoms with Crippen molar-refractivity contribution in [2.75, 3.05) is 42.9 Å². The van der Waals surface area contributed by atoms with Gasteiger partial charge >= 0.3 is 0 Å². The van der Waals surface area contributed by atoms with Crippen molar-refractivity contribution in [2.45, 2.75) is 0 Å². The van der Waals surface area contributed by atoms with Gasteiger partial charge in [0.2, 0.25) is 5.91 Å². The zero-order valence-corrected chi connectivity index (χ0v) is 15.0. The summed E-state index contributed by atoms with van der Waals surface area (Å²) in [7, 11) is 0. The molecule has 1 amide bonds. The number of benzene rings is 2. The molecule has 9 nitrogen and oxygen atoms in total. The molecule has 1 heterocycles. The third-order valence-electron chi connectivity index (χ3n) is 4.56. The smallest absolute Gasteiger partial charge is 0.270 e. The molecule has 2 N–H and O–H groups in total. The molecule has 28 heavy (non-hydrogen) atoms. The van der Waals surface area contributed by atoms with Crippen LogP contribution in [0.2, 0.25) is 0 Å². The number of nitriles is 1. The van der Waals surface area contributed by atoms with Crippen LogP contribution in [-0.4, -0.2) is 53.6 Å². The number of nitro benzene ring substituents is 1. The van der Waals surface area contributed by atoms with Crippen LogP contribution in [0.3, 0.4) is 0 Å². The molecule has 0 saturated carbocycles. The highest BCUT2D eigenvalue weighted by Crippen LogP contribution is 2.22. The van der Waals surface area contributed by atoms with Crippen molar-refractivity contribution in [3.05, 3.63) is 58.1 Å². The van der Waals surface area contributed by atoms with Gasteiger partial charge in [-0.3, -0.25) is 19.8 Å². The minimum Gasteiger partial charge on any atom is -0.508 e. The topological polar surface area (TPSA) is 123 Å². The van der Waals surface area contributed by atoms with Crippen molar-refractivity contribution < 1.29 is 14.8 Å². The number of phenolic OH excluding ortho intramolecular Hbond substituents is 1. The molecule has 0 bridgehead atoms. The highest BCUT2D eigenvalue weighted by atomic mass is 16.6. The summed E-state index contributed by atoms with van der Waals surface area (Å²) in [6, 6.07) is 12.6. The molecule has 2 aromatic rings. The van der Waals surface area contributed by atoms with E-state index in [2.05, 4.69) is 10.2 Å². The van der Waals surface area contributed by atoms with E-state index in [0.29, 0.717) is 13.1 Å². The van der Waals surface area contributed by atoms with Crippen molar-refractivity contribution in [1.82, 2.24) is 4.90 Å². The number of piperazine rings is 1. The summed E-state index contributed by atoms with van der Waals surface area (Å²) in [5.41, 5.74) is 1.15. The Morgan fingerprint density at radius 2 is 1.86 bits per heavy atom. The van der Waals surface area contributed by atoms with Crippen molar-refractivity contribution in [1.29, 1.82) is 5.26 Å². The fourth-order valence-electron chi connectivity index (χ4n) is 3.07. The molecule has 0 aliphatic carbocycles. The maximum Gasteiger partial charge on any atom is 0.270 e. The standard InChI is InChI=1S/C19H19N5O4/c20-12-14-11-16(24(27)28)3-6-18(14)21-19(26)13-22-7-9-23(10-8-22)15-1-4-17(25)5-2-15/h1-6,11,25H,7-10,13H2,(H,21,26). The Morgan fingerprint density at radius 3 is 2.46 bits per heavy atom. The predicted octanol–water partition coefficient (Wildman–Crippen LogP) is 1.93. The normalized spacial score (nSPS) is 14.3. The average Bonchev–Trinajstić information content (AvgIpc) is 2.69. The van der Waals surface area contributed by atoms with Crippen LogP contribution in [0.5, 0.6) is 5.75 Å². The zero-order chi connectivity index (χ0) is 20.1. The maximum atomic E-state index is 12.3. The number of non-ortho nitro benzene ring substituents is 1. The second-order valence-corrected chi connectivity index (χ2v) is 6.43. The quantitative estimate of drug-likeness (QED) is 0.599. The van der Waals surface area contributed by atoms with E-state index in [-0.39, 0.29) is 35.1 Å². The van der Waals surface area contributed by atoms with E-state index in [1.807, 2.05) is 23.1 Å². The summed E-state index contributed by atoms with van der Waals surface area (Å²) in [6.07, 6.45) is 0. The van der Waals surface area contributed by atoms with E-state index in [4.69, 9.17) is 5.26 Å². The third-order valence-corrected chi connectivity index (χ3v) is 4.56. The van der Waals surface area contributed by atoms with Crippen molar-refractivity contribution in [3.8, 4) is 11.8 Å². The lowest BCUT2D eigenvalue weighted by Crippen LogP contribution is -2.48. The Morgan fingerprint density at radius 1 is 1.18 bits per heavy atom. The van der Waals surface area contributed by atoms with Gasteiger partial charge in [-0.25, -0.2) is 0 Å². The van der Waals surface area contributed by atoms with Crippen molar-refractivity contribution in [3.63, 3.8) is 0 Å². The van der Waals surface area contributed by atoms with Crippen LogP contribution in [0.1, 0.15) is 5.56 Å². The van der Waals surface area contributed by atoms with Gasteiger partial charge in [-0.1, -0.05) is 0 Å². The first-order valence-corrected chi connectivity index (χ1v) is 8.71. The van der Waals surface area contributed by atoms with Crippen LogP contribution < -0.4 is 10.2 Å². The van der Waals surface area contributed by atoms with Gasteiger partial charge < -0.3 is 15.3 Å². The highest BCUT2D eigenvalue weighted by molar-refractivity contribution is 5.93. The van der Waals surface area contributed by atoms with Gasteiger partial charge in [0.15, 0.2) is 0 Å². The number of nitrogens with zero attached hydrogens (tertiary/aromatic N) is 4. The molecule has 1 aliphatic rings. The Labute approximate surface area is 161 Å². The molecule has 3 rings (SSSR count). The van der Waals surface area contributed by atoms with Crippen LogP contribution in [0, 0.1) is 21.4 Å². The van der Waals surface area contributed by atoms with E-state index in [0.717, 1.165) is 24.8 Å². The summed E-state index contributed by atoms with van der Waals surface area (Å²) in [5.74, 6) is -0.0505. The number of nitrogens with one attached hydrogen (secondary N) is 1. The van der Waals surface area contributed by atoms with E-state index in [1.54, 1.807) is 12.1 Å². The summed E-state index contributed by atoms with van der Waals surface area (Å²) < 4.78 is 0. The Hall–Kier alpha value is -3.64. The number of carbonyl (C=O) groups excluding carboxylic acids is 1. The van der Waals surface area contributed by atoms with Crippen molar-refractivity contribution >= 4 is 23.0 Å². The maximum absolute atomic E-state index is 12.3. The number of carbonyl (C=O) groups is 1. The lowest BCUT2D eigenvalue weighted by Gasteiger charge is -2.35. The molecule has 0 atom stereocenters. The Kier molecular flexibility index (Phi) is 5.72. The monoisotopic (exact) mass is 381 g/mol. The van der Waals surface area contributed by atoms with Gasteiger partial charge in [-0.15, -0.1) is 0 Å². The van der Waals surface area contributed by atoms with E-state index >= 15 is 0 Å². The Bertz CT molecular complexity index is 915. The SMILES string of the molecule is N#Cc1cc([N+](=O)[O-])ccc1NC(=O)CN1CCN(c2ccc(O)cc2)CC1. The predicted molar refractivity (Wildman–Crippen MR) is 103 cm³/mol. The second kappa shape index (κ2) is 8.37. The number of hydrogen-bond donors (Lipinski definition) is 2. The average molecular weight is 381 g/mol. The molecule has 1 fully saturated rings. The first-order chi connectivity index (χ1) is 13.5. The summed E-state index contributed by atoms with van der Waals surface area (Å²) in [6.45, 7) is 3.06. The minimum absolute atomic E-state index is 0.0553. The first-order valence-electron chi connectivity index (χ1n) is 8.71. The molecule has 9 heteroatoms. The summed E-state index contributed by atoms with van der Waals surface area (Å²) in [5, 5.41) is 32.0. The van der Waals surface area contributed by atoms with Crippen LogP contribution in [0.25, 0.3) is 0 Å². The van der Waals surface area contributed by atoms with E-state index in [9.17, 15) is 20.0 Å². The number of nitro groups is 1. The van der Waals surface area contributed by atoms with Crippen molar-refractivity contribution in [2.24, 2.45) is 0 Å². The van der Waals surface area contributed by atoms with Gasteiger partial charge in [0.25, 0.3) is 5.69 Å². The van der Waals surface area contributed by atoms with Gasteiger partial charge in [0, 0.05) is 44.0 Å². The molecule has 144 valence electrons. The molecule has 0 unspecified atom stereocenters. The fourth-order valence-corrected chi connectivity index (χ4v) is 3.07. The van der Waals surface area contributed by atoms with Crippen LogP contribution in [0.4, 0.5) is 17.1 Å². The van der Waals surface area contributed by atoms with Crippen LogP contribution in [-0.2, 0) is 4.79 Å². The number of amides is 1. The Balaban J connectivity index is 1.54. The van der Waals surface area contributed by atoms with Gasteiger partial charge in [0.1, 0.15) is 11.8 Å². The number of aromatic hydroxyl groups is 1. The lowest BCUT2D eigenvalue weighted by molar-refractivity contribution is -0.384. The molecular weight excluding hydrogens is 362 g/mol. The highest BCUT2D eigenvalue weighted by Gasteiger charge is 2.20. The van der Waals surface area contributed by atoms with Gasteiger partial charge in [0.05, 0.1) is 22.7 Å². The molecule has 1 saturated heterocycles. The summed E-state index contributed by atoms with van der Waals surface area (Å²) in [4.78, 5) is 26.7. The molecule has 0 spiro atoms. The minimum atomic E-state index is -0.583. The molecule has 0 radical (unpaired) electrons. The number of rotatable bonds is 5. The second-order valence-electron chi connectivity index (χ2n) is 6.43. The number of phenols is 1. The van der Waals surface area contributed by atoms with E-state index in [1.165, 1.54) is 12.1 Å². The van der Waals surface area contributed by atoms with Gasteiger partial charge in [-0.05, 0) is 30.3 Å². The number of hydrogen-bond acceptors (Lipinski definition) is 7. The number of anilines is 2. The van der Waals surface area contributed by atoms with Gasteiger partial charge in [-0.2, -0.15) is 5.26 Å². The fraction of sp³-hybridized carbons (Fsp3) is 0.263. The third kappa shape index (κ3) is 4.55. The first kappa shape index (κ1) is 19.1. The molecule has 0 aromatic heterocycles. The van der Waals surface area contributed by atoms with E-state index < -0.39 is 4.92 Å². The largest absolute Gasteiger partial charge is 0.508 e. The van der Waals surface area contributed by atoms with Crippen LogP contribution >= 0.6 is 0 Å². The molecule has 1 aliphatic heterocycles. The lowest BCUT2D eigenvalue weighted by atomic mass is 10.1. The van der Waals surface area contributed by atoms with Crippen LogP contribution in [0.15, 0.2) is 42.5 Å². The molecular formula is C19H19N5O4. The summed E-state index contributed by atoms with van der Waals surface area (Å²) >= 11 is 0. The zero-order valence-electron chi connectivity index (χ0n) is 15.0. The molecule has 2 aromatic carbocycles.